The van der Waals surface area contributed by atoms with Crippen LogP contribution in [0.25, 0.3) is 0 Å². The minimum atomic E-state index is -0.557. The third-order valence-electron chi connectivity index (χ3n) is 3.83. The smallest absolute Gasteiger partial charge is 0.409 e. The van der Waals surface area contributed by atoms with E-state index in [0.29, 0.717) is 39.1 Å². The molecular formula is C16H21N3O2. The lowest BCUT2D eigenvalue weighted by Crippen LogP contribution is -2.53. The zero-order valence-corrected chi connectivity index (χ0v) is 12.3. The van der Waals surface area contributed by atoms with E-state index < -0.39 is 5.54 Å². The van der Waals surface area contributed by atoms with Crippen molar-refractivity contribution >= 4 is 6.09 Å². The lowest BCUT2D eigenvalue weighted by atomic mass is 9.89. The predicted octanol–water partition coefficient (Wildman–Crippen LogP) is 2.29. The average Bonchev–Trinajstić information content (AvgIpc) is 2.54. The second kappa shape index (κ2) is 7.09. The molecule has 0 unspecified atom stereocenters. The van der Waals surface area contributed by atoms with Gasteiger partial charge in [0.1, 0.15) is 5.54 Å². The lowest BCUT2D eigenvalue weighted by molar-refractivity contribution is 0.0885. The summed E-state index contributed by atoms with van der Waals surface area (Å²) in [5, 5.41) is 12.9. The summed E-state index contributed by atoms with van der Waals surface area (Å²) in [6.07, 6.45) is 0.955. The zero-order valence-electron chi connectivity index (χ0n) is 12.3. The van der Waals surface area contributed by atoms with Gasteiger partial charge in [-0.3, -0.25) is 5.32 Å². The Labute approximate surface area is 125 Å². The average molecular weight is 287 g/mol. The normalized spacial score (nSPS) is 17.0. The Bertz CT molecular complexity index is 502. The Hall–Kier alpha value is -2.06. The van der Waals surface area contributed by atoms with Gasteiger partial charge >= 0.3 is 6.09 Å². The first kappa shape index (κ1) is 15.3. The van der Waals surface area contributed by atoms with Gasteiger partial charge in [0.2, 0.25) is 0 Å². The Morgan fingerprint density at radius 2 is 2.05 bits per heavy atom. The van der Waals surface area contributed by atoms with Crippen LogP contribution in [0.3, 0.4) is 0 Å². The van der Waals surface area contributed by atoms with E-state index in [0.717, 1.165) is 5.56 Å². The number of nitriles is 1. The van der Waals surface area contributed by atoms with Crippen LogP contribution in [-0.4, -0.2) is 36.2 Å². The van der Waals surface area contributed by atoms with Gasteiger partial charge < -0.3 is 9.64 Å². The minimum absolute atomic E-state index is 0.285. The van der Waals surface area contributed by atoms with Gasteiger partial charge in [-0.2, -0.15) is 5.26 Å². The van der Waals surface area contributed by atoms with Gasteiger partial charge in [0.05, 0.1) is 12.7 Å². The quantitative estimate of drug-likeness (QED) is 0.922. The summed E-state index contributed by atoms with van der Waals surface area (Å²) in [4.78, 5) is 13.3. The Kier molecular flexibility index (Phi) is 5.18. The number of ether oxygens (including phenoxy) is 1. The number of benzene rings is 1. The molecule has 1 aromatic carbocycles. The highest BCUT2D eigenvalue weighted by molar-refractivity contribution is 5.67. The molecule has 0 aliphatic carbocycles. The van der Waals surface area contributed by atoms with E-state index >= 15 is 0 Å². The van der Waals surface area contributed by atoms with E-state index in [2.05, 4.69) is 11.4 Å². The third kappa shape index (κ3) is 3.96. The SMILES string of the molecule is CCOC(=O)N1CCC(C#N)(NCc2ccccc2)CC1. The fraction of sp³-hybridized carbons (Fsp3) is 0.500. The minimum Gasteiger partial charge on any atom is -0.450 e. The summed E-state index contributed by atoms with van der Waals surface area (Å²) >= 11 is 0. The molecule has 2 rings (SSSR count). The highest BCUT2D eigenvalue weighted by Gasteiger charge is 2.36. The molecule has 0 atom stereocenters. The van der Waals surface area contributed by atoms with Crippen LogP contribution in [0.1, 0.15) is 25.3 Å². The number of nitrogens with zero attached hydrogens (tertiary/aromatic N) is 2. The molecule has 1 aliphatic heterocycles. The first-order valence-corrected chi connectivity index (χ1v) is 7.31. The first-order valence-electron chi connectivity index (χ1n) is 7.31. The van der Waals surface area contributed by atoms with Crippen LogP contribution in [0.2, 0.25) is 0 Å². The van der Waals surface area contributed by atoms with Crippen LogP contribution >= 0.6 is 0 Å². The number of likely N-dealkylation sites (tertiary alicyclic amines) is 1. The maximum absolute atomic E-state index is 11.7. The zero-order chi connectivity index (χ0) is 15.1. The first-order chi connectivity index (χ1) is 10.2. The molecule has 1 fully saturated rings. The molecule has 1 saturated heterocycles. The molecule has 0 spiro atoms. The molecule has 1 N–H and O–H groups in total. The van der Waals surface area contributed by atoms with Gasteiger partial charge in [0, 0.05) is 19.6 Å². The molecule has 1 heterocycles. The Balaban J connectivity index is 1.89. The van der Waals surface area contributed by atoms with Gasteiger partial charge in [-0.1, -0.05) is 30.3 Å². The maximum Gasteiger partial charge on any atom is 0.409 e. The molecule has 1 aliphatic rings. The van der Waals surface area contributed by atoms with E-state index in [-0.39, 0.29) is 6.09 Å². The molecule has 1 aromatic rings. The molecule has 0 aromatic heterocycles. The number of hydrogen-bond acceptors (Lipinski definition) is 4. The van der Waals surface area contributed by atoms with Crippen molar-refractivity contribution < 1.29 is 9.53 Å². The second-order valence-electron chi connectivity index (χ2n) is 5.22. The molecule has 0 radical (unpaired) electrons. The van der Waals surface area contributed by atoms with Gasteiger partial charge in [-0.25, -0.2) is 4.79 Å². The van der Waals surface area contributed by atoms with Crippen molar-refractivity contribution in [2.45, 2.75) is 31.8 Å². The van der Waals surface area contributed by atoms with Crippen LogP contribution in [0.15, 0.2) is 30.3 Å². The van der Waals surface area contributed by atoms with E-state index in [1.807, 2.05) is 30.3 Å². The summed E-state index contributed by atoms with van der Waals surface area (Å²) < 4.78 is 5.00. The van der Waals surface area contributed by atoms with Crippen molar-refractivity contribution in [2.75, 3.05) is 19.7 Å². The highest BCUT2D eigenvalue weighted by Crippen LogP contribution is 2.22. The van der Waals surface area contributed by atoms with Crippen molar-refractivity contribution in [3.8, 4) is 6.07 Å². The fourth-order valence-electron chi connectivity index (χ4n) is 2.48. The third-order valence-corrected chi connectivity index (χ3v) is 3.83. The summed E-state index contributed by atoms with van der Waals surface area (Å²) in [5.74, 6) is 0. The standard InChI is InChI=1S/C16H21N3O2/c1-2-21-15(20)19-10-8-16(13-17,9-11-19)18-12-14-6-4-3-5-7-14/h3-7,18H,2,8-12H2,1H3. The molecule has 0 saturated carbocycles. The second-order valence-corrected chi connectivity index (χ2v) is 5.22. The van der Waals surface area contributed by atoms with Gasteiger partial charge in [-0.15, -0.1) is 0 Å². The van der Waals surface area contributed by atoms with Crippen LogP contribution in [0.4, 0.5) is 4.79 Å². The van der Waals surface area contributed by atoms with Crippen LogP contribution in [-0.2, 0) is 11.3 Å². The molecule has 0 bridgehead atoms. The number of carbonyl (C=O) groups excluding carboxylic acids is 1. The lowest BCUT2D eigenvalue weighted by Gasteiger charge is -2.37. The Morgan fingerprint density at radius 3 is 2.62 bits per heavy atom. The van der Waals surface area contributed by atoms with Gasteiger partial charge in [0.15, 0.2) is 0 Å². The molecule has 5 nitrogen and oxygen atoms in total. The van der Waals surface area contributed by atoms with Crippen LogP contribution in [0.5, 0.6) is 0 Å². The van der Waals surface area contributed by atoms with Gasteiger partial charge in [-0.05, 0) is 25.3 Å². The number of piperidine rings is 1. The largest absolute Gasteiger partial charge is 0.450 e. The molecule has 5 heteroatoms. The van der Waals surface area contributed by atoms with Crippen molar-refractivity contribution in [2.24, 2.45) is 0 Å². The van der Waals surface area contributed by atoms with Gasteiger partial charge in [0.25, 0.3) is 0 Å². The maximum atomic E-state index is 11.7. The topological polar surface area (TPSA) is 65.4 Å². The molecular weight excluding hydrogens is 266 g/mol. The number of rotatable bonds is 4. The monoisotopic (exact) mass is 287 g/mol. The van der Waals surface area contributed by atoms with E-state index in [1.165, 1.54) is 0 Å². The molecule has 1 amide bonds. The van der Waals surface area contributed by atoms with E-state index in [9.17, 15) is 10.1 Å². The molecule has 112 valence electrons. The highest BCUT2D eigenvalue weighted by atomic mass is 16.6. The number of amides is 1. The van der Waals surface area contributed by atoms with Crippen molar-refractivity contribution in [1.29, 1.82) is 5.26 Å². The predicted molar refractivity (Wildman–Crippen MR) is 79.5 cm³/mol. The summed E-state index contributed by atoms with van der Waals surface area (Å²) in [6.45, 7) is 3.93. The summed E-state index contributed by atoms with van der Waals surface area (Å²) in [7, 11) is 0. The van der Waals surface area contributed by atoms with Crippen molar-refractivity contribution in [1.82, 2.24) is 10.2 Å². The summed E-state index contributed by atoms with van der Waals surface area (Å²) in [6, 6.07) is 12.4. The van der Waals surface area contributed by atoms with E-state index in [4.69, 9.17) is 4.74 Å². The van der Waals surface area contributed by atoms with Crippen molar-refractivity contribution in [3.63, 3.8) is 0 Å². The van der Waals surface area contributed by atoms with Crippen molar-refractivity contribution in [3.05, 3.63) is 35.9 Å². The van der Waals surface area contributed by atoms with Crippen LogP contribution in [0, 0.1) is 11.3 Å². The van der Waals surface area contributed by atoms with E-state index in [1.54, 1.807) is 11.8 Å². The number of nitrogens with one attached hydrogen (secondary N) is 1. The molecule has 21 heavy (non-hydrogen) atoms. The Morgan fingerprint density at radius 1 is 1.38 bits per heavy atom. The summed E-state index contributed by atoms with van der Waals surface area (Å²) in [5.41, 5.74) is 0.596. The fourth-order valence-corrected chi connectivity index (χ4v) is 2.48. The van der Waals surface area contributed by atoms with Crippen LogP contribution < -0.4 is 5.32 Å². The number of hydrogen-bond donors (Lipinski definition) is 1. The number of carbonyl (C=O) groups is 1.